The highest BCUT2D eigenvalue weighted by Crippen LogP contribution is 2.36. The minimum atomic E-state index is -3.14. The molecule has 0 fully saturated rings. The topological polar surface area (TPSA) is 139 Å². The maximum atomic E-state index is 11.2. The fourth-order valence-electron chi connectivity index (χ4n) is 1.88. The van der Waals surface area contributed by atoms with Crippen LogP contribution in [-0.2, 0) is 10.9 Å². The van der Waals surface area contributed by atoms with E-state index in [9.17, 15) is 23.3 Å². The van der Waals surface area contributed by atoms with E-state index in [4.69, 9.17) is 5.11 Å². The Hall–Kier alpha value is -3.14. The van der Waals surface area contributed by atoms with Crippen molar-refractivity contribution >= 4 is 39.6 Å². The van der Waals surface area contributed by atoms with E-state index in [1.54, 1.807) is 30.3 Å². The molecule has 0 radical (unpaired) electrons. The summed E-state index contributed by atoms with van der Waals surface area (Å²) >= 11 is 0. The van der Waals surface area contributed by atoms with Crippen LogP contribution in [0.25, 0.3) is 0 Å². The van der Waals surface area contributed by atoms with E-state index in [1.807, 2.05) is 4.72 Å². The molecule has 3 N–H and O–H groups in total. The number of carbonyl (C=O) groups is 1. The average Bonchev–Trinajstić information content (AvgIpc) is 2.48. The van der Waals surface area contributed by atoms with Gasteiger partial charge in [-0.3, -0.25) is 14.8 Å². The molecule has 2 rings (SSSR count). The molecule has 0 aliphatic carbocycles. The van der Waals surface area contributed by atoms with Crippen LogP contribution in [0.4, 0.5) is 22.7 Å². The predicted octanol–water partition coefficient (Wildman–Crippen LogP) is 1.97. The highest BCUT2D eigenvalue weighted by atomic mass is 32.2. The standard InChI is InChI=1S/C13H11N3O6S/c17-13(18)8-6-10(15-23(21)22)12(11(7-8)16(19)20)14-9-4-2-1-3-5-9/h1-7,14,23H,(H,17,18)(H,15,21,22). The lowest BCUT2D eigenvalue weighted by atomic mass is 10.1. The summed E-state index contributed by atoms with van der Waals surface area (Å²) in [6.45, 7) is 0. The Morgan fingerprint density at radius 1 is 1.17 bits per heavy atom. The van der Waals surface area contributed by atoms with Crippen LogP contribution in [0.2, 0.25) is 0 Å². The molecule has 0 heterocycles. The van der Waals surface area contributed by atoms with Crippen LogP contribution in [0.3, 0.4) is 0 Å². The van der Waals surface area contributed by atoms with Crippen LogP contribution in [0.15, 0.2) is 42.5 Å². The van der Waals surface area contributed by atoms with Gasteiger partial charge < -0.3 is 10.4 Å². The third kappa shape index (κ3) is 3.95. The van der Waals surface area contributed by atoms with Crippen molar-refractivity contribution in [2.75, 3.05) is 10.0 Å². The Morgan fingerprint density at radius 2 is 1.83 bits per heavy atom. The molecule has 0 saturated heterocycles. The number of hydrogen-bond donors (Lipinski definition) is 4. The first-order chi connectivity index (χ1) is 10.9. The molecule has 2 aromatic carbocycles. The molecule has 0 atom stereocenters. The minimum Gasteiger partial charge on any atom is -0.478 e. The van der Waals surface area contributed by atoms with Gasteiger partial charge in [0, 0.05) is 11.8 Å². The molecule has 9 nitrogen and oxygen atoms in total. The van der Waals surface area contributed by atoms with Crippen molar-refractivity contribution in [3.8, 4) is 0 Å². The summed E-state index contributed by atoms with van der Waals surface area (Å²) in [5, 5.41) is 23.0. The summed E-state index contributed by atoms with van der Waals surface area (Å²) in [5.74, 6) is -1.41. The van der Waals surface area contributed by atoms with Crippen molar-refractivity contribution in [2.24, 2.45) is 0 Å². The summed E-state index contributed by atoms with van der Waals surface area (Å²) < 4.78 is 23.8. The number of nitrogens with one attached hydrogen (secondary N) is 2. The quantitative estimate of drug-likeness (QED) is 0.359. The molecule has 0 amide bonds. The molecule has 0 bridgehead atoms. The van der Waals surface area contributed by atoms with E-state index in [1.165, 1.54) is 0 Å². The summed E-state index contributed by atoms with van der Waals surface area (Å²) in [6.07, 6.45) is 0. The van der Waals surface area contributed by atoms with Crippen molar-refractivity contribution in [3.63, 3.8) is 0 Å². The Morgan fingerprint density at radius 3 is 2.35 bits per heavy atom. The number of hydrogen-bond acceptors (Lipinski definition) is 6. The summed E-state index contributed by atoms with van der Waals surface area (Å²) in [4.78, 5) is 21.5. The zero-order valence-corrected chi connectivity index (χ0v) is 12.3. The SMILES string of the molecule is O=C(O)c1cc(N[SH](=O)=O)c(Nc2ccccc2)c([N+](=O)[O-])c1. The lowest BCUT2D eigenvalue weighted by molar-refractivity contribution is -0.383. The first-order valence-electron chi connectivity index (χ1n) is 6.17. The van der Waals surface area contributed by atoms with Gasteiger partial charge in [0.1, 0.15) is 5.69 Å². The molecule has 0 spiro atoms. The smallest absolute Gasteiger partial charge is 0.336 e. The number of carboxylic acids is 1. The molecule has 0 unspecified atom stereocenters. The van der Waals surface area contributed by atoms with Crippen molar-refractivity contribution < 1.29 is 23.2 Å². The van der Waals surface area contributed by atoms with Crippen LogP contribution in [0.5, 0.6) is 0 Å². The van der Waals surface area contributed by atoms with E-state index in [2.05, 4.69) is 5.32 Å². The molecule has 0 aliphatic rings. The van der Waals surface area contributed by atoms with Crippen molar-refractivity contribution in [3.05, 3.63) is 58.1 Å². The second kappa shape index (κ2) is 6.75. The molecular formula is C13H11N3O6S. The average molecular weight is 337 g/mol. The number of nitrogens with zero attached hydrogens (tertiary/aromatic N) is 1. The van der Waals surface area contributed by atoms with Crippen LogP contribution < -0.4 is 10.0 Å². The summed E-state index contributed by atoms with van der Waals surface area (Å²) in [7, 11) is -3.14. The molecular weight excluding hydrogens is 326 g/mol. The summed E-state index contributed by atoms with van der Waals surface area (Å²) in [5.41, 5.74) is -0.868. The third-order valence-electron chi connectivity index (χ3n) is 2.82. The van der Waals surface area contributed by atoms with E-state index < -0.39 is 33.0 Å². The van der Waals surface area contributed by atoms with Gasteiger partial charge >= 0.3 is 5.97 Å². The number of thiol groups is 1. The zero-order valence-electron chi connectivity index (χ0n) is 11.4. The molecule has 0 aromatic heterocycles. The molecule has 2 aromatic rings. The van der Waals surface area contributed by atoms with Gasteiger partial charge in [0.05, 0.1) is 16.2 Å². The van der Waals surface area contributed by atoms with Gasteiger partial charge in [0.15, 0.2) is 0 Å². The van der Waals surface area contributed by atoms with Crippen LogP contribution in [-0.4, -0.2) is 24.4 Å². The van der Waals surface area contributed by atoms with Crippen molar-refractivity contribution in [1.29, 1.82) is 0 Å². The van der Waals surface area contributed by atoms with Gasteiger partial charge in [0.2, 0.25) is 10.9 Å². The number of rotatable bonds is 6. The zero-order chi connectivity index (χ0) is 17.0. The largest absolute Gasteiger partial charge is 0.478 e. The Balaban J connectivity index is 2.64. The number of para-hydroxylation sites is 1. The fourth-order valence-corrected chi connectivity index (χ4v) is 2.25. The Bertz CT molecular complexity index is 827. The van der Waals surface area contributed by atoms with Gasteiger partial charge in [-0.2, -0.15) is 0 Å². The third-order valence-corrected chi connectivity index (χ3v) is 3.24. The van der Waals surface area contributed by atoms with E-state index in [-0.39, 0.29) is 11.4 Å². The van der Waals surface area contributed by atoms with Crippen LogP contribution >= 0.6 is 0 Å². The van der Waals surface area contributed by atoms with Gasteiger partial charge in [-0.25, -0.2) is 13.2 Å². The Kier molecular flexibility index (Phi) is 4.76. The van der Waals surface area contributed by atoms with Gasteiger partial charge in [-0.05, 0) is 18.2 Å². The highest BCUT2D eigenvalue weighted by Gasteiger charge is 2.22. The predicted molar refractivity (Wildman–Crippen MR) is 83.7 cm³/mol. The van der Waals surface area contributed by atoms with Crippen LogP contribution in [0.1, 0.15) is 10.4 Å². The highest BCUT2D eigenvalue weighted by molar-refractivity contribution is 7.73. The van der Waals surface area contributed by atoms with Crippen molar-refractivity contribution in [2.45, 2.75) is 0 Å². The number of nitro benzene ring substituents is 1. The molecule has 120 valence electrons. The fraction of sp³-hybridized carbons (Fsp3) is 0. The van der Waals surface area contributed by atoms with E-state index >= 15 is 0 Å². The second-order valence-corrected chi connectivity index (χ2v) is 5.08. The lowest BCUT2D eigenvalue weighted by Gasteiger charge is -2.12. The van der Waals surface area contributed by atoms with Gasteiger partial charge in [-0.15, -0.1) is 0 Å². The van der Waals surface area contributed by atoms with E-state index in [0.29, 0.717) is 5.69 Å². The van der Waals surface area contributed by atoms with Crippen molar-refractivity contribution in [1.82, 2.24) is 0 Å². The molecule has 10 heteroatoms. The maximum Gasteiger partial charge on any atom is 0.336 e. The summed E-state index contributed by atoms with van der Waals surface area (Å²) in [6, 6.07) is 10.2. The first kappa shape index (κ1) is 16.2. The molecule has 0 aliphatic heterocycles. The molecule has 0 saturated carbocycles. The number of nitro groups is 1. The number of anilines is 3. The van der Waals surface area contributed by atoms with Crippen LogP contribution in [0, 0.1) is 10.1 Å². The number of benzene rings is 2. The molecule has 23 heavy (non-hydrogen) atoms. The lowest BCUT2D eigenvalue weighted by Crippen LogP contribution is -2.07. The number of aromatic carboxylic acids is 1. The maximum absolute atomic E-state index is 11.2. The first-order valence-corrected chi connectivity index (χ1v) is 7.35. The minimum absolute atomic E-state index is 0.148. The van der Waals surface area contributed by atoms with Gasteiger partial charge in [-0.1, -0.05) is 18.2 Å². The Labute approximate surface area is 131 Å². The monoisotopic (exact) mass is 337 g/mol. The van der Waals surface area contributed by atoms with E-state index in [0.717, 1.165) is 12.1 Å². The normalized spacial score (nSPS) is 10.3. The second-order valence-electron chi connectivity index (χ2n) is 4.34. The van der Waals surface area contributed by atoms with Gasteiger partial charge in [0.25, 0.3) is 5.69 Å². The number of carboxylic acid groups (broad SMARTS) is 1.